The average molecular weight is 567 g/mol. The highest BCUT2D eigenvalue weighted by atomic mass is 19.4. The number of carbonyl (C=O) groups excluding carboxylic acids is 1. The zero-order valence-corrected chi connectivity index (χ0v) is 20.8. The van der Waals surface area contributed by atoms with E-state index in [0.717, 1.165) is 42.4 Å². The lowest BCUT2D eigenvalue weighted by molar-refractivity contribution is -0.143. The van der Waals surface area contributed by atoms with Crippen LogP contribution in [-0.4, -0.2) is 35.5 Å². The van der Waals surface area contributed by atoms with Crippen molar-refractivity contribution in [1.82, 2.24) is 14.9 Å². The zero-order valence-electron chi connectivity index (χ0n) is 20.8. The second-order valence-corrected chi connectivity index (χ2v) is 8.15. The summed E-state index contributed by atoms with van der Waals surface area (Å²) in [7, 11) is 2.84. The number of nitrogens with one attached hydrogen (secondary N) is 2. The van der Waals surface area contributed by atoms with Crippen molar-refractivity contribution in [3.05, 3.63) is 83.3 Å². The van der Waals surface area contributed by atoms with Gasteiger partial charge >= 0.3 is 18.4 Å². The molecule has 1 heterocycles. The van der Waals surface area contributed by atoms with Crippen LogP contribution in [0.25, 0.3) is 5.57 Å². The first-order valence-corrected chi connectivity index (χ1v) is 11.2. The number of hydrogen-bond donors (Lipinski definition) is 2. The van der Waals surface area contributed by atoms with E-state index in [1.165, 1.54) is 6.33 Å². The number of rotatable bonds is 6. The van der Waals surface area contributed by atoms with E-state index in [-0.39, 0.29) is 18.3 Å². The third-order valence-corrected chi connectivity index (χ3v) is 5.23. The molecule has 0 aliphatic carbocycles. The number of nitrogens with zero attached hydrogens (tertiary/aromatic N) is 3. The van der Waals surface area contributed by atoms with Gasteiger partial charge in [0, 0.05) is 49.5 Å². The highest BCUT2D eigenvalue weighted by Gasteiger charge is 2.41. The predicted molar refractivity (Wildman–Crippen MR) is 132 cm³/mol. The molecule has 0 aliphatic rings. The molecule has 0 atom stereocenters. The van der Waals surface area contributed by atoms with Crippen molar-refractivity contribution < 1.29 is 40.3 Å². The summed E-state index contributed by atoms with van der Waals surface area (Å²) in [6, 6.07) is 4.43. The van der Waals surface area contributed by atoms with Crippen LogP contribution in [0.5, 0.6) is 5.75 Å². The molecule has 1 aromatic heterocycles. The minimum absolute atomic E-state index is 0.0318. The van der Waals surface area contributed by atoms with Gasteiger partial charge in [0.15, 0.2) is 5.75 Å². The van der Waals surface area contributed by atoms with Crippen molar-refractivity contribution in [2.45, 2.75) is 12.4 Å². The smallest absolute Gasteiger partial charge is 0.409 e. The van der Waals surface area contributed by atoms with Crippen molar-refractivity contribution in [2.75, 3.05) is 18.5 Å². The molecule has 3 aromatic rings. The number of aryl methyl sites for hydroxylation is 1. The fourth-order valence-electron chi connectivity index (χ4n) is 3.27. The van der Waals surface area contributed by atoms with Crippen molar-refractivity contribution in [3.8, 4) is 17.6 Å². The Kier molecular flexibility index (Phi) is 8.88. The summed E-state index contributed by atoms with van der Waals surface area (Å²) in [6.45, 7) is -0.110. The lowest BCUT2D eigenvalue weighted by atomic mass is 9.98. The topological polar surface area (TPSA) is 83.2 Å². The number of alkyl halides is 6. The van der Waals surface area contributed by atoms with Gasteiger partial charge in [0.2, 0.25) is 0 Å². The Hall–Kier alpha value is -4.80. The second-order valence-electron chi connectivity index (χ2n) is 8.15. The van der Waals surface area contributed by atoms with E-state index in [1.54, 1.807) is 17.8 Å². The first-order chi connectivity index (χ1) is 18.7. The Morgan fingerprint density at radius 3 is 2.38 bits per heavy atom. The minimum atomic E-state index is -5.38. The maximum atomic E-state index is 14.0. The zero-order chi connectivity index (χ0) is 29.7. The van der Waals surface area contributed by atoms with Gasteiger partial charge in [-0.1, -0.05) is 5.92 Å². The maximum Gasteiger partial charge on any atom is 0.420 e. The van der Waals surface area contributed by atoms with E-state index in [1.807, 2.05) is 0 Å². The monoisotopic (exact) mass is 567 g/mol. The number of aromatic nitrogens is 2. The summed E-state index contributed by atoms with van der Waals surface area (Å²) in [6.07, 6.45) is -7.39. The van der Waals surface area contributed by atoms with Crippen LogP contribution in [0.1, 0.15) is 22.4 Å². The van der Waals surface area contributed by atoms with Crippen molar-refractivity contribution >= 4 is 23.6 Å². The Labute approximate surface area is 223 Å². The molecule has 3 rings (SSSR count). The fraction of sp³-hybridized carbons (Fsp3) is 0.192. The number of hydrogen-bond acceptors (Lipinski definition) is 5. The van der Waals surface area contributed by atoms with Gasteiger partial charge in [0.1, 0.15) is 11.5 Å². The molecule has 0 saturated heterocycles. The third-order valence-electron chi connectivity index (χ3n) is 5.23. The Morgan fingerprint density at radius 2 is 1.82 bits per heavy atom. The number of carbonyl (C=O) groups is 1. The van der Waals surface area contributed by atoms with Crippen LogP contribution in [-0.2, 0) is 19.4 Å². The van der Waals surface area contributed by atoms with Crippen molar-refractivity contribution in [1.29, 1.82) is 5.41 Å². The molecule has 0 radical (unpaired) electrons. The number of halogens is 7. The molecule has 0 saturated carbocycles. The summed E-state index contributed by atoms with van der Waals surface area (Å²) < 4.78 is 102. The number of imidazole rings is 1. The molecule has 0 bridgehead atoms. The van der Waals surface area contributed by atoms with E-state index in [0.29, 0.717) is 18.0 Å². The van der Waals surface area contributed by atoms with E-state index in [4.69, 9.17) is 10.1 Å². The second kappa shape index (κ2) is 11.9. The average Bonchev–Trinajstić information content (AvgIpc) is 3.30. The van der Waals surface area contributed by atoms with Gasteiger partial charge in [-0.25, -0.2) is 14.2 Å². The number of benzene rings is 2. The largest absolute Gasteiger partial charge is 0.420 e. The van der Waals surface area contributed by atoms with Crippen LogP contribution in [0.2, 0.25) is 0 Å². The van der Waals surface area contributed by atoms with Gasteiger partial charge < -0.3 is 20.0 Å². The molecule has 0 spiro atoms. The first kappa shape index (κ1) is 29.8. The molecule has 1 amide bonds. The van der Waals surface area contributed by atoms with Gasteiger partial charge in [-0.05, 0) is 42.3 Å². The summed E-state index contributed by atoms with van der Waals surface area (Å²) in [5.74, 6) is 3.46. The van der Waals surface area contributed by atoms with E-state index in [9.17, 15) is 35.5 Å². The summed E-state index contributed by atoms with van der Waals surface area (Å²) in [4.78, 5) is 17.5. The molecular formula is C26H20F7N5O2. The first-order valence-electron chi connectivity index (χ1n) is 11.2. The van der Waals surface area contributed by atoms with Crippen LogP contribution >= 0.6 is 0 Å². The number of ether oxygens (including phenoxy) is 1. The quantitative estimate of drug-likeness (QED) is 0.169. The van der Waals surface area contributed by atoms with Crippen molar-refractivity contribution in [2.24, 2.45) is 7.05 Å². The number of allylic oxidation sites excluding steroid dienone is 1. The Bertz CT molecular complexity index is 1480. The maximum absolute atomic E-state index is 14.0. The van der Waals surface area contributed by atoms with E-state index >= 15 is 0 Å². The van der Waals surface area contributed by atoms with Gasteiger partial charge in [0.25, 0.3) is 0 Å². The van der Waals surface area contributed by atoms with Crippen LogP contribution < -0.4 is 15.0 Å². The summed E-state index contributed by atoms with van der Waals surface area (Å²) in [5, 5.41) is 10.2. The van der Waals surface area contributed by atoms with Crippen LogP contribution in [0.4, 0.5) is 41.2 Å². The van der Waals surface area contributed by atoms with Crippen LogP contribution in [0.3, 0.4) is 0 Å². The predicted octanol–water partition coefficient (Wildman–Crippen LogP) is 5.86. The van der Waals surface area contributed by atoms with Gasteiger partial charge in [-0.3, -0.25) is 4.90 Å². The summed E-state index contributed by atoms with van der Waals surface area (Å²) >= 11 is 0. The third kappa shape index (κ3) is 7.40. The molecule has 0 unspecified atom stereocenters. The lowest BCUT2D eigenvalue weighted by Crippen LogP contribution is -2.30. The molecule has 7 nitrogen and oxygen atoms in total. The normalized spacial score (nSPS) is 11.9. The molecule has 210 valence electrons. The number of amides is 1. The van der Waals surface area contributed by atoms with Gasteiger partial charge in [0.05, 0.1) is 24.0 Å². The molecule has 0 fully saturated rings. The highest BCUT2D eigenvalue weighted by Crippen LogP contribution is 2.44. The van der Waals surface area contributed by atoms with Crippen molar-refractivity contribution in [3.63, 3.8) is 0 Å². The SMILES string of the molecule is CN(C(=O)Oc1c(/C(C=N)=C/NCC#Cc2cn(C)cn2)cc(C(F)(F)F)cc1C(F)(F)F)c1ccc(F)cc1. The minimum Gasteiger partial charge on any atom is -0.409 e. The van der Waals surface area contributed by atoms with Gasteiger partial charge in [-0.15, -0.1) is 0 Å². The van der Waals surface area contributed by atoms with E-state index in [2.05, 4.69) is 22.1 Å². The fourth-order valence-corrected chi connectivity index (χ4v) is 3.27. The van der Waals surface area contributed by atoms with Crippen LogP contribution in [0.15, 0.2) is 55.1 Å². The molecule has 2 N–H and O–H groups in total. The molecule has 0 aliphatic heterocycles. The lowest BCUT2D eigenvalue weighted by Gasteiger charge is -2.22. The molecule has 2 aromatic carbocycles. The molecular weight excluding hydrogens is 547 g/mol. The molecule has 14 heteroatoms. The molecule has 40 heavy (non-hydrogen) atoms. The Morgan fingerprint density at radius 1 is 1.15 bits per heavy atom. The van der Waals surface area contributed by atoms with Crippen LogP contribution in [0, 0.1) is 23.1 Å². The Balaban J connectivity index is 2.05. The van der Waals surface area contributed by atoms with E-state index < -0.39 is 52.3 Å². The summed E-state index contributed by atoms with van der Waals surface area (Å²) in [5.41, 5.74) is -4.41. The highest BCUT2D eigenvalue weighted by molar-refractivity contribution is 6.10. The van der Waals surface area contributed by atoms with Gasteiger partial charge in [-0.2, -0.15) is 26.3 Å². The standard InChI is InChI=1S/C26H20F7N5O2/c1-37-14-19(36-15-37)4-3-9-35-13-16(12-34)21-10-17(25(28,29)30)11-22(26(31,32)33)23(21)40-24(39)38(2)20-7-5-18(27)6-8-20/h5-8,10-15,34-35H,9H2,1-2H3/b16-13+,34-12?. The number of anilines is 1.